The average Bonchev–Trinajstić information content (AvgIpc) is 2.87. The molecule has 2 aliphatic rings. The SMILES string of the molecule is CCCNc1nccc(N2CCN(c3ccccc3OC)CC2)c1C(=O)NN1CCOCC1. The van der Waals surface area contributed by atoms with Gasteiger partial charge >= 0.3 is 0 Å². The molecule has 0 bridgehead atoms. The quantitative estimate of drug-likeness (QED) is 0.629. The summed E-state index contributed by atoms with van der Waals surface area (Å²) >= 11 is 0. The van der Waals surface area contributed by atoms with E-state index in [1.165, 1.54) is 0 Å². The summed E-state index contributed by atoms with van der Waals surface area (Å²) < 4.78 is 11.0. The van der Waals surface area contributed by atoms with Gasteiger partial charge in [-0.15, -0.1) is 0 Å². The van der Waals surface area contributed by atoms with Gasteiger partial charge < -0.3 is 24.6 Å². The van der Waals surface area contributed by atoms with Crippen molar-refractivity contribution < 1.29 is 14.3 Å². The Balaban J connectivity index is 1.53. The van der Waals surface area contributed by atoms with Crippen molar-refractivity contribution in [3.8, 4) is 5.75 Å². The van der Waals surface area contributed by atoms with Gasteiger partial charge in [0.05, 0.1) is 31.7 Å². The fourth-order valence-electron chi connectivity index (χ4n) is 4.27. The summed E-state index contributed by atoms with van der Waals surface area (Å²) in [5.41, 5.74) is 5.68. The molecule has 1 amide bonds. The van der Waals surface area contributed by atoms with E-state index in [-0.39, 0.29) is 5.91 Å². The predicted molar refractivity (Wildman–Crippen MR) is 130 cm³/mol. The molecule has 33 heavy (non-hydrogen) atoms. The van der Waals surface area contributed by atoms with Crippen LogP contribution in [0.15, 0.2) is 36.5 Å². The van der Waals surface area contributed by atoms with E-state index in [1.807, 2.05) is 29.3 Å². The van der Waals surface area contributed by atoms with Crippen LogP contribution < -0.4 is 25.3 Å². The third-order valence-corrected chi connectivity index (χ3v) is 6.02. The molecule has 0 radical (unpaired) electrons. The lowest BCUT2D eigenvalue weighted by Crippen LogP contribution is -2.50. The number of nitrogens with one attached hydrogen (secondary N) is 2. The highest BCUT2D eigenvalue weighted by molar-refractivity contribution is 6.04. The van der Waals surface area contributed by atoms with Gasteiger partial charge in [-0.1, -0.05) is 19.1 Å². The minimum atomic E-state index is -0.134. The maximum Gasteiger partial charge on any atom is 0.271 e. The molecule has 9 nitrogen and oxygen atoms in total. The number of carbonyl (C=O) groups excluding carboxylic acids is 1. The number of rotatable bonds is 8. The molecule has 178 valence electrons. The molecule has 0 aliphatic carbocycles. The van der Waals surface area contributed by atoms with E-state index in [4.69, 9.17) is 9.47 Å². The highest BCUT2D eigenvalue weighted by Crippen LogP contribution is 2.31. The van der Waals surface area contributed by atoms with E-state index < -0.39 is 0 Å². The molecule has 2 fully saturated rings. The number of morpholine rings is 1. The van der Waals surface area contributed by atoms with Gasteiger partial charge in [-0.05, 0) is 24.6 Å². The first kappa shape index (κ1) is 23.1. The molecule has 2 aromatic rings. The van der Waals surface area contributed by atoms with Crippen molar-refractivity contribution >= 4 is 23.1 Å². The zero-order valence-electron chi connectivity index (χ0n) is 19.5. The Bertz CT molecular complexity index is 926. The smallest absolute Gasteiger partial charge is 0.271 e. The number of benzene rings is 1. The van der Waals surface area contributed by atoms with E-state index in [2.05, 4.69) is 38.5 Å². The first-order chi connectivity index (χ1) is 16.2. The summed E-state index contributed by atoms with van der Waals surface area (Å²) in [6.45, 7) is 8.72. The highest BCUT2D eigenvalue weighted by Gasteiger charge is 2.27. The van der Waals surface area contributed by atoms with Crippen molar-refractivity contribution in [2.24, 2.45) is 0 Å². The molecule has 1 aromatic carbocycles. The molecular formula is C24H34N6O3. The van der Waals surface area contributed by atoms with Crippen LogP contribution in [-0.2, 0) is 4.74 Å². The second kappa shape index (κ2) is 11.2. The van der Waals surface area contributed by atoms with E-state index >= 15 is 0 Å². The molecule has 0 unspecified atom stereocenters. The van der Waals surface area contributed by atoms with Gasteiger partial charge in [0.1, 0.15) is 17.1 Å². The topological polar surface area (TPSA) is 82.2 Å². The number of para-hydroxylation sites is 2. The summed E-state index contributed by atoms with van der Waals surface area (Å²) in [6, 6.07) is 10.1. The van der Waals surface area contributed by atoms with Crippen LogP contribution in [0.4, 0.5) is 17.2 Å². The van der Waals surface area contributed by atoms with Crippen molar-refractivity contribution in [2.75, 3.05) is 81.3 Å². The molecule has 0 saturated carbocycles. The standard InChI is InChI=1S/C24H34N6O3/c1-3-9-25-23-22(24(31)27-30-15-17-33-18-16-30)20(8-10-26-23)29-13-11-28(12-14-29)19-6-4-5-7-21(19)32-2/h4-8,10H,3,9,11-18H2,1-2H3,(H,25,26)(H,27,31). The Morgan fingerprint density at radius 2 is 1.73 bits per heavy atom. The number of aromatic nitrogens is 1. The van der Waals surface area contributed by atoms with Crippen molar-refractivity contribution in [3.05, 3.63) is 42.1 Å². The highest BCUT2D eigenvalue weighted by atomic mass is 16.5. The number of anilines is 3. The van der Waals surface area contributed by atoms with Crippen LogP contribution in [0, 0.1) is 0 Å². The second-order valence-corrected chi connectivity index (χ2v) is 8.17. The number of hydrazine groups is 1. The molecule has 3 heterocycles. The van der Waals surface area contributed by atoms with Crippen molar-refractivity contribution in [2.45, 2.75) is 13.3 Å². The third-order valence-electron chi connectivity index (χ3n) is 6.02. The first-order valence-corrected chi connectivity index (χ1v) is 11.7. The lowest BCUT2D eigenvalue weighted by molar-refractivity contribution is 0.0126. The number of hydrogen-bond donors (Lipinski definition) is 2. The van der Waals surface area contributed by atoms with Crippen LogP contribution in [0.5, 0.6) is 5.75 Å². The number of piperazine rings is 1. The van der Waals surface area contributed by atoms with Gasteiger partial charge in [-0.2, -0.15) is 0 Å². The number of pyridine rings is 1. The monoisotopic (exact) mass is 454 g/mol. The third kappa shape index (κ3) is 5.48. The van der Waals surface area contributed by atoms with Crippen molar-refractivity contribution in [1.29, 1.82) is 0 Å². The Hall–Kier alpha value is -3.04. The van der Waals surface area contributed by atoms with Crippen LogP contribution >= 0.6 is 0 Å². The zero-order valence-corrected chi connectivity index (χ0v) is 19.5. The number of hydrogen-bond acceptors (Lipinski definition) is 8. The summed E-state index contributed by atoms with van der Waals surface area (Å²) in [6.07, 6.45) is 2.74. The average molecular weight is 455 g/mol. The van der Waals surface area contributed by atoms with E-state index in [0.717, 1.165) is 56.3 Å². The summed E-state index contributed by atoms with van der Waals surface area (Å²) in [5.74, 6) is 1.38. The number of amides is 1. The minimum Gasteiger partial charge on any atom is -0.495 e. The molecule has 1 aromatic heterocycles. The number of nitrogens with zero attached hydrogens (tertiary/aromatic N) is 4. The molecule has 2 N–H and O–H groups in total. The van der Waals surface area contributed by atoms with E-state index in [1.54, 1.807) is 13.3 Å². The Labute approximate surface area is 195 Å². The van der Waals surface area contributed by atoms with E-state index in [9.17, 15) is 4.79 Å². The number of ether oxygens (including phenoxy) is 2. The van der Waals surface area contributed by atoms with Gasteiger partial charge in [0.15, 0.2) is 0 Å². The number of carbonyl (C=O) groups is 1. The van der Waals surface area contributed by atoms with Crippen LogP contribution in [0.3, 0.4) is 0 Å². The van der Waals surface area contributed by atoms with Crippen LogP contribution in [0.25, 0.3) is 0 Å². The van der Waals surface area contributed by atoms with Crippen molar-refractivity contribution in [3.63, 3.8) is 0 Å². The Morgan fingerprint density at radius 1 is 1.03 bits per heavy atom. The lowest BCUT2D eigenvalue weighted by atomic mass is 10.1. The van der Waals surface area contributed by atoms with Gasteiger partial charge in [0.25, 0.3) is 5.91 Å². The fourth-order valence-corrected chi connectivity index (χ4v) is 4.27. The fraction of sp³-hybridized carbons (Fsp3) is 0.500. The maximum absolute atomic E-state index is 13.4. The molecule has 9 heteroatoms. The summed E-state index contributed by atoms with van der Waals surface area (Å²) in [4.78, 5) is 22.5. The molecule has 2 aliphatic heterocycles. The predicted octanol–water partition coefficient (Wildman–Crippen LogP) is 2.22. The maximum atomic E-state index is 13.4. The Morgan fingerprint density at radius 3 is 2.42 bits per heavy atom. The first-order valence-electron chi connectivity index (χ1n) is 11.7. The van der Waals surface area contributed by atoms with Gasteiger partial charge in [0, 0.05) is 52.0 Å². The van der Waals surface area contributed by atoms with Crippen LogP contribution in [0.2, 0.25) is 0 Å². The second-order valence-electron chi connectivity index (χ2n) is 8.17. The molecule has 0 spiro atoms. The molecular weight excluding hydrogens is 420 g/mol. The Kier molecular flexibility index (Phi) is 7.85. The normalized spacial score (nSPS) is 17.0. The minimum absolute atomic E-state index is 0.134. The van der Waals surface area contributed by atoms with Gasteiger partial charge in [-0.25, -0.2) is 9.99 Å². The van der Waals surface area contributed by atoms with Crippen LogP contribution in [0.1, 0.15) is 23.7 Å². The van der Waals surface area contributed by atoms with Crippen LogP contribution in [-0.4, -0.2) is 82.0 Å². The molecule has 2 saturated heterocycles. The zero-order chi connectivity index (χ0) is 23.0. The molecule has 4 rings (SSSR count). The van der Waals surface area contributed by atoms with Crippen molar-refractivity contribution in [1.82, 2.24) is 15.4 Å². The summed E-state index contributed by atoms with van der Waals surface area (Å²) in [7, 11) is 1.70. The molecule has 0 atom stereocenters. The van der Waals surface area contributed by atoms with Gasteiger partial charge in [-0.3, -0.25) is 10.2 Å². The number of methoxy groups -OCH3 is 1. The summed E-state index contributed by atoms with van der Waals surface area (Å²) in [5, 5.41) is 5.26. The van der Waals surface area contributed by atoms with E-state index in [0.29, 0.717) is 37.7 Å². The largest absolute Gasteiger partial charge is 0.495 e. The lowest BCUT2D eigenvalue weighted by Gasteiger charge is -2.38. The van der Waals surface area contributed by atoms with Gasteiger partial charge in [0.2, 0.25) is 0 Å².